The minimum atomic E-state index is -0.0912. The summed E-state index contributed by atoms with van der Waals surface area (Å²) in [5, 5.41) is 3.68. The van der Waals surface area contributed by atoms with E-state index in [1.54, 1.807) is 19.2 Å². The molecule has 120 valence electrons. The van der Waals surface area contributed by atoms with E-state index in [1.165, 1.54) is 0 Å². The van der Waals surface area contributed by atoms with Gasteiger partial charge in [-0.2, -0.15) is 0 Å². The third-order valence-electron chi connectivity index (χ3n) is 2.46. The molecule has 2 atom stereocenters. The zero-order valence-electron chi connectivity index (χ0n) is 12.5. The molecular weight excluding hydrogens is 405 g/mol. The van der Waals surface area contributed by atoms with Crippen LogP contribution in [0.1, 0.15) is 13.8 Å². The lowest BCUT2D eigenvalue weighted by atomic mass is 10.3. The van der Waals surface area contributed by atoms with Gasteiger partial charge in [0.15, 0.2) is 5.96 Å². The highest BCUT2D eigenvalue weighted by Crippen LogP contribution is 2.18. The van der Waals surface area contributed by atoms with Gasteiger partial charge in [0.2, 0.25) is 0 Å². The fraction of sp³-hybridized carbons (Fsp3) is 0.500. The summed E-state index contributed by atoms with van der Waals surface area (Å²) >= 11 is 5.89. The Balaban J connectivity index is 0.00000400. The first-order valence-corrected chi connectivity index (χ1v) is 6.86. The molecule has 0 aliphatic carbocycles. The number of benzene rings is 1. The number of ether oxygens (including phenoxy) is 2. The Morgan fingerprint density at radius 1 is 1.43 bits per heavy atom. The van der Waals surface area contributed by atoms with Gasteiger partial charge >= 0.3 is 0 Å². The number of halogens is 2. The van der Waals surface area contributed by atoms with Crippen LogP contribution in [-0.2, 0) is 4.74 Å². The van der Waals surface area contributed by atoms with Gasteiger partial charge in [-0.3, -0.25) is 0 Å². The van der Waals surface area contributed by atoms with E-state index in [9.17, 15) is 0 Å². The molecule has 0 bridgehead atoms. The first kappa shape index (κ1) is 20.3. The second-order valence-corrected chi connectivity index (χ2v) is 5.05. The highest BCUT2D eigenvalue weighted by Gasteiger charge is 2.05. The van der Waals surface area contributed by atoms with Crippen LogP contribution in [0.15, 0.2) is 29.3 Å². The van der Waals surface area contributed by atoms with Gasteiger partial charge in [-0.05, 0) is 32.0 Å². The summed E-state index contributed by atoms with van der Waals surface area (Å²) in [5.74, 6) is 1.11. The Kier molecular flexibility index (Phi) is 10.5. The largest absolute Gasteiger partial charge is 0.489 e. The van der Waals surface area contributed by atoms with Crippen molar-refractivity contribution in [3.8, 4) is 5.75 Å². The number of nitrogens with zero attached hydrogens (tertiary/aromatic N) is 1. The first-order valence-electron chi connectivity index (χ1n) is 6.49. The molecule has 7 heteroatoms. The summed E-state index contributed by atoms with van der Waals surface area (Å²) < 4.78 is 10.7. The van der Waals surface area contributed by atoms with Crippen LogP contribution in [0.2, 0.25) is 5.02 Å². The second-order valence-electron chi connectivity index (χ2n) is 4.61. The molecule has 0 radical (unpaired) electrons. The topological polar surface area (TPSA) is 68.9 Å². The van der Waals surface area contributed by atoms with Gasteiger partial charge in [-0.15, -0.1) is 24.0 Å². The molecule has 0 amide bonds. The van der Waals surface area contributed by atoms with Crippen LogP contribution in [0.3, 0.4) is 0 Å². The zero-order chi connectivity index (χ0) is 15.0. The number of hydrogen-bond donors (Lipinski definition) is 2. The number of rotatable bonds is 7. The Labute approximate surface area is 148 Å². The van der Waals surface area contributed by atoms with Crippen LogP contribution in [0.25, 0.3) is 0 Å². The fourth-order valence-corrected chi connectivity index (χ4v) is 1.81. The van der Waals surface area contributed by atoms with E-state index in [4.69, 9.17) is 26.8 Å². The van der Waals surface area contributed by atoms with Crippen LogP contribution in [0.5, 0.6) is 5.75 Å². The van der Waals surface area contributed by atoms with Crippen molar-refractivity contribution < 1.29 is 9.47 Å². The third kappa shape index (κ3) is 9.00. The van der Waals surface area contributed by atoms with Gasteiger partial charge in [-0.1, -0.05) is 17.7 Å². The monoisotopic (exact) mass is 427 g/mol. The van der Waals surface area contributed by atoms with Crippen molar-refractivity contribution in [3.05, 3.63) is 29.3 Å². The maximum atomic E-state index is 5.89. The molecule has 1 aromatic carbocycles. The fourth-order valence-electron chi connectivity index (χ4n) is 1.63. The van der Waals surface area contributed by atoms with Gasteiger partial charge in [-0.25, -0.2) is 4.99 Å². The van der Waals surface area contributed by atoms with Gasteiger partial charge in [0.1, 0.15) is 11.9 Å². The standard InChI is InChI=1S/C14H22ClN3O2.HI/c1-10(9-19-3)18-14(16)17-8-11(2)20-13-6-4-5-12(15)7-13;/h4-7,10-11H,8-9H2,1-3H3,(H3,16,17,18);1H. The second kappa shape index (κ2) is 10.9. The SMILES string of the molecule is COCC(C)NC(N)=NCC(C)Oc1cccc(Cl)c1.I. The van der Waals surface area contributed by atoms with Crippen molar-refractivity contribution in [2.45, 2.75) is 26.0 Å². The molecular formula is C14H23ClIN3O2. The van der Waals surface area contributed by atoms with Crippen molar-refractivity contribution >= 4 is 41.5 Å². The van der Waals surface area contributed by atoms with E-state index in [2.05, 4.69) is 10.3 Å². The Bertz CT molecular complexity index is 446. The average Bonchev–Trinajstić information content (AvgIpc) is 2.36. The van der Waals surface area contributed by atoms with Gasteiger partial charge in [0, 0.05) is 18.2 Å². The molecule has 1 aromatic rings. The quantitative estimate of drug-likeness (QED) is 0.399. The van der Waals surface area contributed by atoms with Crippen LogP contribution >= 0.6 is 35.6 Å². The molecule has 2 unspecified atom stereocenters. The van der Waals surface area contributed by atoms with Gasteiger partial charge in [0.25, 0.3) is 0 Å². The number of nitrogens with one attached hydrogen (secondary N) is 1. The lowest BCUT2D eigenvalue weighted by molar-refractivity contribution is 0.179. The predicted octanol–water partition coefficient (Wildman–Crippen LogP) is 2.66. The van der Waals surface area contributed by atoms with Crippen LogP contribution in [0.4, 0.5) is 0 Å². The molecule has 0 saturated carbocycles. The van der Waals surface area contributed by atoms with E-state index in [0.29, 0.717) is 24.1 Å². The molecule has 0 spiro atoms. The van der Waals surface area contributed by atoms with Crippen molar-refractivity contribution in [2.75, 3.05) is 20.3 Å². The van der Waals surface area contributed by atoms with Crippen molar-refractivity contribution in [1.29, 1.82) is 0 Å². The highest BCUT2D eigenvalue weighted by molar-refractivity contribution is 14.0. The maximum absolute atomic E-state index is 5.89. The Morgan fingerprint density at radius 3 is 2.76 bits per heavy atom. The number of aliphatic imine (C=N–C) groups is 1. The minimum Gasteiger partial charge on any atom is -0.489 e. The normalized spacial score (nSPS) is 14.0. The van der Waals surface area contributed by atoms with E-state index >= 15 is 0 Å². The van der Waals surface area contributed by atoms with E-state index in [1.807, 2.05) is 26.0 Å². The summed E-state index contributed by atoms with van der Waals surface area (Å²) in [6.45, 7) is 4.93. The molecule has 0 aliphatic heterocycles. The number of hydrogen-bond acceptors (Lipinski definition) is 3. The van der Waals surface area contributed by atoms with Crippen molar-refractivity contribution in [3.63, 3.8) is 0 Å². The predicted molar refractivity (Wildman–Crippen MR) is 97.9 cm³/mol. The third-order valence-corrected chi connectivity index (χ3v) is 2.70. The van der Waals surface area contributed by atoms with E-state index in [0.717, 1.165) is 5.75 Å². The molecule has 21 heavy (non-hydrogen) atoms. The number of methoxy groups -OCH3 is 1. The maximum Gasteiger partial charge on any atom is 0.189 e. The molecule has 0 aliphatic rings. The summed E-state index contributed by atoms with van der Waals surface area (Å²) in [7, 11) is 1.65. The lowest BCUT2D eigenvalue weighted by Gasteiger charge is -2.15. The van der Waals surface area contributed by atoms with Crippen LogP contribution in [-0.4, -0.2) is 38.4 Å². The molecule has 0 aromatic heterocycles. The number of nitrogens with two attached hydrogens (primary N) is 1. The van der Waals surface area contributed by atoms with Crippen molar-refractivity contribution in [1.82, 2.24) is 5.32 Å². The molecule has 3 N–H and O–H groups in total. The highest BCUT2D eigenvalue weighted by atomic mass is 127. The summed E-state index contributed by atoms with van der Waals surface area (Å²) in [6.07, 6.45) is -0.0912. The Hall–Kier alpha value is -0.730. The van der Waals surface area contributed by atoms with Gasteiger partial charge < -0.3 is 20.5 Å². The average molecular weight is 428 g/mol. The molecule has 1 rings (SSSR count). The Morgan fingerprint density at radius 2 is 2.14 bits per heavy atom. The van der Waals surface area contributed by atoms with E-state index < -0.39 is 0 Å². The molecule has 5 nitrogen and oxygen atoms in total. The molecule has 0 heterocycles. The lowest BCUT2D eigenvalue weighted by Crippen LogP contribution is -2.41. The zero-order valence-corrected chi connectivity index (χ0v) is 15.6. The van der Waals surface area contributed by atoms with E-state index in [-0.39, 0.29) is 36.1 Å². The van der Waals surface area contributed by atoms with Crippen LogP contribution in [0, 0.1) is 0 Å². The first-order chi connectivity index (χ1) is 9.51. The minimum absolute atomic E-state index is 0. The van der Waals surface area contributed by atoms with Crippen molar-refractivity contribution in [2.24, 2.45) is 10.7 Å². The molecule has 0 saturated heterocycles. The van der Waals surface area contributed by atoms with Gasteiger partial charge in [0.05, 0.1) is 13.2 Å². The summed E-state index contributed by atoms with van der Waals surface area (Å²) in [6, 6.07) is 7.39. The smallest absolute Gasteiger partial charge is 0.189 e. The summed E-state index contributed by atoms with van der Waals surface area (Å²) in [5.41, 5.74) is 5.78. The molecule has 0 fully saturated rings. The van der Waals surface area contributed by atoms with Crippen LogP contribution < -0.4 is 15.8 Å². The number of guanidine groups is 1. The summed E-state index contributed by atoms with van der Waals surface area (Å²) in [4.78, 5) is 4.23.